The van der Waals surface area contributed by atoms with Crippen molar-refractivity contribution in [2.24, 2.45) is 11.8 Å². The van der Waals surface area contributed by atoms with E-state index in [1.165, 1.54) is 19.3 Å². The summed E-state index contributed by atoms with van der Waals surface area (Å²) in [6.07, 6.45) is 3.55. The highest BCUT2D eigenvalue weighted by Gasteiger charge is 2.38. The van der Waals surface area contributed by atoms with Gasteiger partial charge in [-0.15, -0.1) is 0 Å². The molecule has 1 amide bonds. The Kier molecular flexibility index (Phi) is 3.61. The first-order chi connectivity index (χ1) is 7.96. The zero-order chi connectivity index (χ0) is 12.5. The number of piperidine rings is 1. The molecule has 0 unspecified atom stereocenters. The quantitative estimate of drug-likeness (QED) is 0.775. The van der Waals surface area contributed by atoms with E-state index >= 15 is 0 Å². The van der Waals surface area contributed by atoms with Gasteiger partial charge in [0.2, 0.25) is 0 Å². The molecule has 1 saturated carbocycles. The second kappa shape index (κ2) is 4.84. The summed E-state index contributed by atoms with van der Waals surface area (Å²) in [4.78, 5) is 11.8. The molecule has 0 bridgehead atoms. The summed E-state index contributed by atoms with van der Waals surface area (Å²) in [7, 11) is 0. The maximum atomic E-state index is 11.8. The van der Waals surface area contributed by atoms with Crippen molar-refractivity contribution in [1.82, 2.24) is 10.6 Å². The van der Waals surface area contributed by atoms with Crippen LogP contribution in [0.15, 0.2) is 0 Å². The molecule has 2 rings (SSSR count). The molecule has 1 heterocycles. The lowest BCUT2D eigenvalue weighted by molar-refractivity contribution is 0.0469. The van der Waals surface area contributed by atoms with Crippen LogP contribution in [0.3, 0.4) is 0 Å². The fraction of sp³-hybridized carbons (Fsp3) is 0.923. The second-order valence-corrected chi connectivity index (χ2v) is 6.25. The van der Waals surface area contributed by atoms with E-state index in [0.29, 0.717) is 5.92 Å². The van der Waals surface area contributed by atoms with Gasteiger partial charge in [0.15, 0.2) is 0 Å². The van der Waals surface area contributed by atoms with Gasteiger partial charge in [-0.2, -0.15) is 0 Å². The fourth-order valence-corrected chi connectivity index (χ4v) is 2.58. The summed E-state index contributed by atoms with van der Waals surface area (Å²) >= 11 is 0. The number of carbonyl (C=O) groups excluding carboxylic acids is 1. The zero-order valence-electron chi connectivity index (χ0n) is 11.1. The van der Waals surface area contributed by atoms with Crippen molar-refractivity contribution in [3.8, 4) is 0 Å². The van der Waals surface area contributed by atoms with E-state index in [1.807, 2.05) is 20.8 Å². The number of alkyl carbamates (subject to hydrolysis) is 1. The minimum atomic E-state index is -0.415. The predicted octanol–water partition coefficient (Wildman–Crippen LogP) is 1.90. The Labute approximate surface area is 103 Å². The first-order valence-corrected chi connectivity index (χ1v) is 6.66. The third-order valence-electron chi connectivity index (χ3n) is 3.47. The Morgan fingerprint density at radius 2 is 2.00 bits per heavy atom. The number of nitrogens with one attached hydrogen (secondary N) is 2. The minimum Gasteiger partial charge on any atom is -0.444 e. The van der Waals surface area contributed by atoms with Gasteiger partial charge < -0.3 is 15.4 Å². The molecule has 1 saturated heterocycles. The van der Waals surface area contributed by atoms with Crippen LogP contribution >= 0.6 is 0 Å². The summed E-state index contributed by atoms with van der Waals surface area (Å²) in [6, 6.07) is 0.242. The van der Waals surface area contributed by atoms with Gasteiger partial charge in [-0.1, -0.05) is 0 Å². The minimum absolute atomic E-state index is 0.242. The van der Waals surface area contributed by atoms with Gasteiger partial charge in [0.05, 0.1) is 0 Å². The third kappa shape index (κ3) is 3.87. The number of amides is 1. The Morgan fingerprint density at radius 3 is 2.59 bits per heavy atom. The van der Waals surface area contributed by atoms with Gasteiger partial charge >= 0.3 is 6.09 Å². The molecular weight excluding hydrogens is 216 g/mol. The Bertz CT molecular complexity index is 282. The fourth-order valence-electron chi connectivity index (χ4n) is 2.58. The Balaban J connectivity index is 1.85. The van der Waals surface area contributed by atoms with Crippen molar-refractivity contribution in [3.63, 3.8) is 0 Å². The van der Waals surface area contributed by atoms with Gasteiger partial charge in [-0.25, -0.2) is 4.79 Å². The monoisotopic (exact) mass is 240 g/mol. The number of ether oxygens (including phenoxy) is 1. The van der Waals surface area contributed by atoms with Crippen molar-refractivity contribution >= 4 is 6.09 Å². The van der Waals surface area contributed by atoms with Crippen molar-refractivity contribution in [1.29, 1.82) is 0 Å². The van der Waals surface area contributed by atoms with Crippen LogP contribution < -0.4 is 10.6 Å². The lowest BCUT2D eigenvalue weighted by Gasteiger charge is -2.33. The summed E-state index contributed by atoms with van der Waals surface area (Å²) in [5, 5.41) is 6.37. The molecule has 1 aliphatic carbocycles. The Hall–Kier alpha value is -0.770. The molecule has 0 aromatic carbocycles. The molecule has 0 aromatic heterocycles. The molecule has 0 radical (unpaired) electrons. The number of rotatable bonds is 2. The van der Waals surface area contributed by atoms with E-state index in [1.54, 1.807) is 0 Å². The normalized spacial score (nSPS) is 29.8. The van der Waals surface area contributed by atoms with Crippen LogP contribution in [-0.2, 0) is 4.74 Å². The molecule has 2 N–H and O–H groups in total. The first kappa shape index (κ1) is 12.7. The summed E-state index contributed by atoms with van der Waals surface area (Å²) in [5.41, 5.74) is -0.415. The van der Waals surface area contributed by atoms with Gasteiger partial charge in [-0.3, -0.25) is 0 Å². The largest absolute Gasteiger partial charge is 0.444 e. The van der Waals surface area contributed by atoms with E-state index in [2.05, 4.69) is 10.6 Å². The average Bonchev–Trinajstić information content (AvgIpc) is 2.98. The van der Waals surface area contributed by atoms with Crippen LogP contribution in [0.4, 0.5) is 4.79 Å². The lowest BCUT2D eigenvalue weighted by Crippen LogP contribution is -2.52. The average molecular weight is 240 g/mol. The van der Waals surface area contributed by atoms with Crippen molar-refractivity contribution < 1.29 is 9.53 Å². The molecule has 4 heteroatoms. The molecule has 17 heavy (non-hydrogen) atoms. The molecule has 2 fully saturated rings. The number of hydrogen-bond acceptors (Lipinski definition) is 3. The standard InChI is InChI=1S/C13H24N2O2/c1-13(2,3)17-12(16)15-11-8-14-7-6-10(11)9-4-5-9/h9-11,14H,4-8H2,1-3H3,(H,15,16)/t10-,11-/m1/s1. The van der Waals surface area contributed by atoms with Crippen LogP contribution in [-0.4, -0.2) is 30.8 Å². The van der Waals surface area contributed by atoms with Crippen LogP contribution in [0.2, 0.25) is 0 Å². The second-order valence-electron chi connectivity index (χ2n) is 6.25. The van der Waals surface area contributed by atoms with Crippen LogP contribution in [0.5, 0.6) is 0 Å². The SMILES string of the molecule is CC(C)(C)OC(=O)N[C@@H]1CNCC[C@@H]1C1CC1. The predicted molar refractivity (Wildman–Crippen MR) is 66.9 cm³/mol. The molecule has 0 aromatic rings. The van der Waals surface area contributed by atoms with Crippen LogP contribution in [0.25, 0.3) is 0 Å². The topological polar surface area (TPSA) is 50.4 Å². The smallest absolute Gasteiger partial charge is 0.407 e. The van der Waals surface area contributed by atoms with E-state index in [9.17, 15) is 4.79 Å². The summed E-state index contributed by atoms with van der Waals surface area (Å²) in [6.45, 7) is 7.63. The summed E-state index contributed by atoms with van der Waals surface area (Å²) < 4.78 is 5.31. The van der Waals surface area contributed by atoms with Crippen molar-refractivity contribution in [2.75, 3.05) is 13.1 Å². The molecule has 0 spiro atoms. The molecule has 2 atom stereocenters. The van der Waals surface area contributed by atoms with Gasteiger partial charge in [-0.05, 0) is 58.4 Å². The first-order valence-electron chi connectivity index (χ1n) is 6.66. The van der Waals surface area contributed by atoms with E-state index < -0.39 is 5.60 Å². The molecule has 2 aliphatic rings. The number of carbonyl (C=O) groups is 1. The lowest BCUT2D eigenvalue weighted by atomic mass is 9.88. The molecule has 98 valence electrons. The maximum Gasteiger partial charge on any atom is 0.407 e. The van der Waals surface area contributed by atoms with Gasteiger partial charge in [0.25, 0.3) is 0 Å². The van der Waals surface area contributed by atoms with E-state index in [4.69, 9.17) is 4.74 Å². The molecular formula is C13H24N2O2. The third-order valence-corrected chi connectivity index (χ3v) is 3.47. The zero-order valence-corrected chi connectivity index (χ0v) is 11.1. The molecule has 4 nitrogen and oxygen atoms in total. The summed E-state index contributed by atoms with van der Waals surface area (Å²) in [5.74, 6) is 1.47. The van der Waals surface area contributed by atoms with Crippen molar-refractivity contribution in [3.05, 3.63) is 0 Å². The van der Waals surface area contributed by atoms with Gasteiger partial charge in [0, 0.05) is 12.6 Å². The van der Waals surface area contributed by atoms with Gasteiger partial charge in [0.1, 0.15) is 5.60 Å². The maximum absolute atomic E-state index is 11.8. The molecule has 1 aliphatic heterocycles. The highest BCUT2D eigenvalue weighted by Crippen LogP contribution is 2.40. The van der Waals surface area contributed by atoms with Crippen LogP contribution in [0, 0.1) is 11.8 Å². The van der Waals surface area contributed by atoms with Crippen molar-refractivity contribution in [2.45, 2.75) is 51.7 Å². The van der Waals surface area contributed by atoms with E-state index in [-0.39, 0.29) is 12.1 Å². The highest BCUT2D eigenvalue weighted by atomic mass is 16.6. The van der Waals surface area contributed by atoms with E-state index in [0.717, 1.165) is 19.0 Å². The Morgan fingerprint density at radius 1 is 1.29 bits per heavy atom. The van der Waals surface area contributed by atoms with Crippen LogP contribution in [0.1, 0.15) is 40.0 Å². The number of hydrogen-bond donors (Lipinski definition) is 2. The highest BCUT2D eigenvalue weighted by molar-refractivity contribution is 5.68.